The second-order valence-electron chi connectivity index (χ2n) is 9.31. The highest BCUT2D eigenvalue weighted by atomic mass is 32.1. The molecule has 36 heavy (non-hydrogen) atoms. The number of ether oxygens (including phenoxy) is 1. The smallest absolute Gasteiger partial charge is 0.251 e. The van der Waals surface area contributed by atoms with Crippen LogP contribution in [0.2, 0.25) is 0 Å². The van der Waals surface area contributed by atoms with E-state index in [1.807, 2.05) is 24.4 Å². The molecule has 5 heterocycles. The molecule has 1 amide bonds. The molecule has 1 atom stereocenters. The van der Waals surface area contributed by atoms with Gasteiger partial charge in [0.05, 0.1) is 35.1 Å². The van der Waals surface area contributed by atoms with Gasteiger partial charge in [-0.1, -0.05) is 12.1 Å². The minimum atomic E-state index is -0.946. The average Bonchev–Trinajstić information content (AvgIpc) is 3.55. The summed E-state index contributed by atoms with van der Waals surface area (Å²) >= 11 is 1.74. The number of nitrogens with zero attached hydrogens (tertiary/aromatic N) is 6. The second kappa shape index (κ2) is 9.74. The lowest BCUT2D eigenvalue weighted by Crippen LogP contribution is -2.50. The lowest BCUT2D eigenvalue weighted by atomic mass is 10.1. The number of piperazine rings is 1. The third-order valence-corrected chi connectivity index (χ3v) is 7.97. The Morgan fingerprint density at radius 3 is 2.75 bits per heavy atom. The number of rotatable bonds is 5. The number of benzene rings is 1. The molecule has 0 bridgehead atoms. The number of aliphatic hydroxyl groups excluding tert-OH is 1. The molecule has 2 aliphatic heterocycles. The normalized spacial score (nSPS) is 18.3. The van der Waals surface area contributed by atoms with Gasteiger partial charge in [0.1, 0.15) is 6.10 Å². The summed E-state index contributed by atoms with van der Waals surface area (Å²) in [6.45, 7) is 8.12. The Labute approximate surface area is 212 Å². The molecule has 11 heteroatoms. The van der Waals surface area contributed by atoms with Crippen molar-refractivity contribution in [1.82, 2.24) is 30.0 Å². The molecule has 0 saturated carbocycles. The lowest BCUT2D eigenvalue weighted by Gasteiger charge is -2.35. The van der Waals surface area contributed by atoms with E-state index in [2.05, 4.69) is 26.1 Å². The van der Waals surface area contributed by atoms with Gasteiger partial charge in [0.15, 0.2) is 11.6 Å². The van der Waals surface area contributed by atoms with Gasteiger partial charge in [-0.15, -0.1) is 11.3 Å². The summed E-state index contributed by atoms with van der Waals surface area (Å²) in [4.78, 5) is 29.8. The third-order valence-electron chi connectivity index (χ3n) is 6.86. The van der Waals surface area contributed by atoms with Crippen molar-refractivity contribution in [1.29, 1.82) is 0 Å². The van der Waals surface area contributed by atoms with Crippen LogP contribution in [-0.2, 0) is 16.1 Å². The molecule has 2 N–H and O–H groups in total. The Balaban J connectivity index is 1.32. The standard InChI is InChI=1S/C25H29N7O3S/c1-16(33)25(34)32-7-5-30(6-8-32)15-17-13-21-22(36-17)24(31-9-11-35-12-10-31)28-23(27-21)18-3-2-4-20-19(18)14-26-29-20/h2-4,13-14,16,33H,5-12,15H2,1H3,(H,26,29)/t16-/m1/s1. The van der Waals surface area contributed by atoms with Crippen LogP contribution in [0.1, 0.15) is 11.8 Å². The molecule has 0 spiro atoms. The number of H-pyrrole nitrogens is 1. The van der Waals surface area contributed by atoms with Crippen molar-refractivity contribution >= 4 is 44.2 Å². The van der Waals surface area contributed by atoms with Crippen molar-refractivity contribution in [3.63, 3.8) is 0 Å². The van der Waals surface area contributed by atoms with Crippen molar-refractivity contribution in [3.05, 3.63) is 35.3 Å². The van der Waals surface area contributed by atoms with E-state index in [0.29, 0.717) is 32.1 Å². The summed E-state index contributed by atoms with van der Waals surface area (Å²) < 4.78 is 6.69. The van der Waals surface area contributed by atoms with Gasteiger partial charge >= 0.3 is 0 Å². The van der Waals surface area contributed by atoms with Gasteiger partial charge in [0.2, 0.25) is 0 Å². The van der Waals surface area contributed by atoms with Crippen LogP contribution in [-0.4, -0.2) is 99.6 Å². The summed E-state index contributed by atoms with van der Waals surface area (Å²) in [7, 11) is 0. The number of aromatic nitrogens is 4. The van der Waals surface area contributed by atoms with Crippen LogP contribution in [0.3, 0.4) is 0 Å². The second-order valence-corrected chi connectivity index (χ2v) is 10.4. The SMILES string of the molecule is C[C@@H](O)C(=O)N1CCN(Cc2cc3nc(-c4cccc5[nH]ncc45)nc(N4CCOCC4)c3s2)CC1. The van der Waals surface area contributed by atoms with Crippen molar-refractivity contribution in [2.45, 2.75) is 19.6 Å². The van der Waals surface area contributed by atoms with Gasteiger partial charge in [-0.05, 0) is 19.1 Å². The number of nitrogens with one attached hydrogen (secondary N) is 1. The minimum absolute atomic E-state index is 0.192. The average molecular weight is 508 g/mol. The number of anilines is 1. The summed E-state index contributed by atoms with van der Waals surface area (Å²) in [6.07, 6.45) is 0.881. The first-order valence-electron chi connectivity index (χ1n) is 12.3. The Morgan fingerprint density at radius 2 is 1.97 bits per heavy atom. The first-order valence-corrected chi connectivity index (χ1v) is 13.1. The fourth-order valence-corrected chi connectivity index (χ4v) is 6.08. The van der Waals surface area contributed by atoms with E-state index in [-0.39, 0.29) is 5.91 Å². The fourth-order valence-electron chi connectivity index (χ4n) is 4.93. The zero-order valence-corrected chi connectivity index (χ0v) is 21.0. The third kappa shape index (κ3) is 4.43. The maximum atomic E-state index is 12.1. The van der Waals surface area contributed by atoms with Crippen LogP contribution in [0.4, 0.5) is 5.82 Å². The van der Waals surface area contributed by atoms with Crippen LogP contribution in [0, 0.1) is 0 Å². The van der Waals surface area contributed by atoms with Gasteiger partial charge in [0, 0.05) is 61.6 Å². The number of carbonyl (C=O) groups excluding carboxylic acids is 1. The predicted octanol–water partition coefficient (Wildman–Crippen LogP) is 2.10. The summed E-state index contributed by atoms with van der Waals surface area (Å²) in [5, 5.41) is 17.9. The van der Waals surface area contributed by atoms with Crippen LogP contribution in [0.5, 0.6) is 0 Å². The molecule has 1 aromatic carbocycles. The Bertz CT molecular complexity index is 1390. The Hall–Kier alpha value is -3.12. The van der Waals surface area contributed by atoms with Gasteiger partial charge in [-0.2, -0.15) is 5.10 Å². The van der Waals surface area contributed by atoms with Crippen molar-refractivity contribution in [2.24, 2.45) is 0 Å². The van der Waals surface area contributed by atoms with Crippen LogP contribution < -0.4 is 4.90 Å². The molecule has 0 unspecified atom stereocenters. The molecule has 0 radical (unpaired) electrons. The topological polar surface area (TPSA) is 111 Å². The Kier molecular flexibility index (Phi) is 6.30. The van der Waals surface area contributed by atoms with E-state index in [1.165, 1.54) is 11.8 Å². The largest absolute Gasteiger partial charge is 0.384 e. The van der Waals surface area contributed by atoms with E-state index in [4.69, 9.17) is 14.7 Å². The fraction of sp³-hybridized carbons (Fsp3) is 0.440. The van der Waals surface area contributed by atoms with E-state index < -0.39 is 6.10 Å². The highest BCUT2D eigenvalue weighted by molar-refractivity contribution is 7.19. The number of carbonyl (C=O) groups is 1. The number of morpholine rings is 1. The van der Waals surface area contributed by atoms with Crippen LogP contribution in [0.25, 0.3) is 32.5 Å². The number of fused-ring (bicyclic) bond motifs is 2. The quantitative estimate of drug-likeness (QED) is 0.423. The number of thiophene rings is 1. The molecule has 3 aromatic heterocycles. The van der Waals surface area contributed by atoms with E-state index >= 15 is 0 Å². The van der Waals surface area contributed by atoms with Crippen LogP contribution in [0.15, 0.2) is 30.5 Å². The highest BCUT2D eigenvalue weighted by Gasteiger charge is 2.25. The molecule has 0 aliphatic carbocycles. The molecule has 4 aromatic rings. The van der Waals surface area contributed by atoms with Gasteiger partial charge in [-0.3, -0.25) is 14.8 Å². The summed E-state index contributed by atoms with van der Waals surface area (Å²) in [5.74, 6) is 1.47. The van der Waals surface area contributed by atoms with Crippen molar-refractivity contribution < 1.29 is 14.6 Å². The maximum absolute atomic E-state index is 12.1. The number of hydrogen-bond acceptors (Lipinski definition) is 9. The van der Waals surface area contributed by atoms with Gasteiger partial charge in [0.25, 0.3) is 5.91 Å². The van der Waals surface area contributed by atoms with Crippen LogP contribution >= 0.6 is 11.3 Å². The molecule has 6 rings (SSSR count). The van der Waals surface area contributed by atoms with E-state index in [9.17, 15) is 9.90 Å². The van der Waals surface area contributed by atoms with Gasteiger partial charge < -0.3 is 19.6 Å². The molecular weight excluding hydrogens is 478 g/mol. The van der Waals surface area contributed by atoms with Crippen molar-refractivity contribution in [3.8, 4) is 11.4 Å². The first kappa shape index (κ1) is 23.3. The number of hydrogen-bond donors (Lipinski definition) is 2. The van der Waals surface area contributed by atoms with Gasteiger partial charge in [-0.25, -0.2) is 9.97 Å². The minimum Gasteiger partial charge on any atom is -0.384 e. The monoisotopic (exact) mass is 507 g/mol. The van der Waals surface area contributed by atoms with E-state index in [1.54, 1.807) is 16.2 Å². The number of aliphatic hydroxyl groups is 1. The zero-order valence-electron chi connectivity index (χ0n) is 20.2. The summed E-state index contributed by atoms with van der Waals surface area (Å²) in [5.41, 5.74) is 2.87. The zero-order chi connectivity index (χ0) is 24.6. The Morgan fingerprint density at radius 1 is 1.17 bits per heavy atom. The molecule has 10 nitrogen and oxygen atoms in total. The highest BCUT2D eigenvalue weighted by Crippen LogP contribution is 2.36. The molecule has 2 saturated heterocycles. The predicted molar refractivity (Wildman–Crippen MR) is 139 cm³/mol. The maximum Gasteiger partial charge on any atom is 0.251 e. The lowest BCUT2D eigenvalue weighted by molar-refractivity contribution is -0.141. The summed E-state index contributed by atoms with van der Waals surface area (Å²) in [6, 6.07) is 8.23. The first-order chi connectivity index (χ1) is 17.6. The number of aromatic amines is 1. The molecule has 2 fully saturated rings. The molecule has 188 valence electrons. The molecule has 2 aliphatic rings. The molecular formula is C25H29N7O3S. The number of amides is 1. The van der Waals surface area contributed by atoms with Crippen molar-refractivity contribution in [2.75, 3.05) is 57.4 Å². The van der Waals surface area contributed by atoms with E-state index in [0.717, 1.165) is 65.2 Å².